The molecule has 0 bridgehead atoms. The van der Waals surface area contributed by atoms with Crippen molar-refractivity contribution in [3.8, 4) is 27.8 Å². The van der Waals surface area contributed by atoms with Crippen LogP contribution in [-0.2, 0) is 9.47 Å². The van der Waals surface area contributed by atoms with Crippen LogP contribution in [0.4, 0.5) is 22.1 Å². The zero-order chi connectivity index (χ0) is 26.3. The number of benzene rings is 1. The number of rotatable bonds is 8. The molecule has 1 amide bonds. The number of nitriles is 1. The van der Waals surface area contributed by atoms with Crippen LogP contribution in [0.2, 0.25) is 0 Å². The highest BCUT2D eigenvalue weighted by atomic mass is 32.2. The fourth-order valence-electron chi connectivity index (χ4n) is 4.07. The molecule has 11 heteroatoms. The van der Waals surface area contributed by atoms with E-state index in [0.29, 0.717) is 35.2 Å². The number of pyridine rings is 1. The second-order valence-electron chi connectivity index (χ2n) is 8.36. The van der Waals surface area contributed by atoms with Crippen molar-refractivity contribution in [2.75, 3.05) is 30.1 Å². The van der Waals surface area contributed by atoms with Gasteiger partial charge in [0.15, 0.2) is 0 Å². The zero-order valence-corrected chi connectivity index (χ0v) is 22.1. The maximum absolute atomic E-state index is 12.2. The van der Waals surface area contributed by atoms with E-state index in [4.69, 9.17) is 14.5 Å². The van der Waals surface area contributed by atoms with Gasteiger partial charge >= 0.3 is 6.09 Å². The number of nitrogens with one attached hydrogen (secondary N) is 2. The fourth-order valence-corrected chi connectivity index (χ4v) is 5.98. The van der Waals surface area contributed by atoms with Crippen LogP contribution in [0, 0.1) is 11.3 Å². The number of nitrogens with zero attached hydrogens (tertiary/aromatic N) is 4. The molecule has 1 fully saturated rings. The second kappa shape index (κ2) is 12.0. The topological polar surface area (TPSA) is 122 Å². The van der Waals surface area contributed by atoms with Crippen LogP contribution < -0.4 is 10.6 Å². The highest BCUT2D eigenvalue weighted by Crippen LogP contribution is 2.45. The third-order valence-corrected chi connectivity index (χ3v) is 8.13. The van der Waals surface area contributed by atoms with Gasteiger partial charge in [-0.1, -0.05) is 12.1 Å². The summed E-state index contributed by atoms with van der Waals surface area (Å²) in [6, 6.07) is 15.2. The number of hydrogen-bond acceptors (Lipinski definition) is 10. The van der Waals surface area contributed by atoms with Gasteiger partial charge in [-0.2, -0.15) is 5.26 Å². The maximum atomic E-state index is 12.2. The van der Waals surface area contributed by atoms with Crippen molar-refractivity contribution in [3.05, 3.63) is 66.6 Å². The lowest BCUT2D eigenvalue weighted by atomic mass is 10.0. The van der Waals surface area contributed by atoms with Crippen molar-refractivity contribution >= 4 is 46.5 Å². The monoisotopic (exact) mass is 544 g/mol. The van der Waals surface area contributed by atoms with Gasteiger partial charge in [0.05, 0.1) is 26.4 Å². The van der Waals surface area contributed by atoms with Crippen LogP contribution in [0.5, 0.6) is 0 Å². The normalized spacial score (nSPS) is 14.6. The Morgan fingerprint density at radius 2 is 2.16 bits per heavy atom. The molecular formula is C27H24N6O3S2. The molecule has 1 saturated heterocycles. The molecule has 0 spiro atoms. The first-order valence-electron chi connectivity index (χ1n) is 11.9. The Kier molecular flexibility index (Phi) is 8.13. The van der Waals surface area contributed by atoms with Crippen LogP contribution in [0.15, 0.2) is 65.3 Å². The smallest absolute Gasteiger partial charge is 0.411 e. The molecule has 3 aromatic heterocycles. The van der Waals surface area contributed by atoms with Gasteiger partial charge in [0.2, 0.25) is 5.95 Å². The summed E-state index contributed by atoms with van der Waals surface area (Å²) < 4.78 is 11.7. The number of ether oxygens (including phenoxy) is 2. The van der Waals surface area contributed by atoms with Gasteiger partial charge in [0.25, 0.3) is 0 Å². The van der Waals surface area contributed by atoms with Gasteiger partial charge in [-0.05, 0) is 49.4 Å². The molecule has 1 aliphatic rings. The van der Waals surface area contributed by atoms with Crippen LogP contribution >= 0.6 is 23.1 Å². The summed E-state index contributed by atoms with van der Waals surface area (Å²) in [5.41, 5.74) is 4.24. The average molecular weight is 545 g/mol. The van der Waals surface area contributed by atoms with Crippen LogP contribution in [0.1, 0.15) is 18.4 Å². The van der Waals surface area contributed by atoms with Gasteiger partial charge in [-0.25, -0.2) is 14.8 Å². The van der Waals surface area contributed by atoms with Gasteiger partial charge in [-0.15, -0.1) is 23.1 Å². The highest BCUT2D eigenvalue weighted by molar-refractivity contribution is 8.00. The minimum Gasteiger partial charge on any atom is -0.447 e. The SMILES string of the molecule is CSc1sc(-c2ccnc(Nc3cccc(NC(=O)OCC4CCCO4)c3)n2)c(-c2cccnc2)c1C#N. The number of aromatic nitrogens is 3. The maximum Gasteiger partial charge on any atom is 0.411 e. The van der Waals surface area contributed by atoms with E-state index in [2.05, 4.69) is 26.7 Å². The van der Waals surface area contributed by atoms with Crippen molar-refractivity contribution in [2.45, 2.75) is 23.2 Å². The molecule has 2 N–H and O–H groups in total. The molecule has 0 saturated carbocycles. The van der Waals surface area contributed by atoms with Crippen molar-refractivity contribution in [1.82, 2.24) is 15.0 Å². The summed E-state index contributed by atoms with van der Waals surface area (Å²) >= 11 is 3.05. The first kappa shape index (κ1) is 25.7. The summed E-state index contributed by atoms with van der Waals surface area (Å²) in [4.78, 5) is 26.4. The third-order valence-electron chi connectivity index (χ3n) is 5.80. The quantitative estimate of drug-likeness (QED) is 0.245. The molecule has 9 nitrogen and oxygen atoms in total. The standard InChI is InChI=1S/C27H24N6O3S2/c1-37-25-21(14-28)23(17-5-3-10-29-15-17)24(38-25)22-9-11-30-26(33-22)31-18-6-2-7-19(13-18)32-27(34)36-16-20-8-4-12-35-20/h2-3,5-7,9-11,13,15,20H,4,8,12,16H2,1H3,(H,32,34)(H,30,31,33). The number of hydrogen-bond donors (Lipinski definition) is 2. The molecule has 1 unspecified atom stereocenters. The predicted octanol–water partition coefficient (Wildman–Crippen LogP) is 6.33. The molecule has 4 heterocycles. The molecule has 1 aromatic carbocycles. The fraction of sp³-hybridized carbons (Fsp3) is 0.222. The molecule has 38 heavy (non-hydrogen) atoms. The molecular weight excluding hydrogens is 520 g/mol. The van der Waals surface area contributed by atoms with Crippen LogP contribution in [-0.4, -0.2) is 46.6 Å². The molecule has 0 radical (unpaired) electrons. The van der Waals surface area contributed by atoms with E-state index in [1.165, 1.54) is 23.1 Å². The molecule has 192 valence electrons. The Morgan fingerprint density at radius 1 is 1.26 bits per heavy atom. The van der Waals surface area contributed by atoms with Crippen molar-refractivity contribution in [2.24, 2.45) is 0 Å². The number of carbonyl (C=O) groups is 1. The van der Waals surface area contributed by atoms with Gasteiger partial charge < -0.3 is 14.8 Å². The van der Waals surface area contributed by atoms with E-state index >= 15 is 0 Å². The summed E-state index contributed by atoms with van der Waals surface area (Å²) in [6.07, 6.45) is 8.41. The molecule has 1 aliphatic heterocycles. The molecule has 5 rings (SSSR count). The second-order valence-corrected chi connectivity index (χ2v) is 10.5. The zero-order valence-electron chi connectivity index (χ0n) is 20.5. The lowest BCUT2D eigenvalue weighted by molar-refractivity contribution is 0.0484. The van der Waals surface area contributed by atoms with Gasteiger partial charge in [-0.3, -0.25) is 10.3 Å². The first-order chi connectivity index (χ1) is 18.6. The Labute approximate surface area is 228 Å². The van der Waals surface area contributed by atoms with E-state index in [1.807, 2.05) is 36.6 Å². The van der Waals surface area contributed by atoms with E-state index in [1.54, 1.807) is 30.7 Å². The lowest BCUT2D eigenvalue weighted by Gasteiger charge is -2.12. The third kappa shape index (κ3) is 5.94. The van der Waals surface area contributed by atoms with Gasteiger partial charge in [0.1, 0.15) is 12.7 Å². The van der Waals surface area contributed by atoms with Crippen molar-refractivity contribution in [3.63, 3.8) is 0 Å². The van der Waals surface area contributed by atoms with Gasteiger partial charge in [0, 0.05) is 47.7 Å². The summed E-state index contributed by atoms with van der Waals surface area (Å²) in [5.74, 6) is 0.385. The summed E-state index contributed by atoms with van der Waals surface area (Å²) in [5, 5.41) is 15.9. The number of thioether (sulfide) groups is 1. The molecule has 1 atom stereocenters. The molecule has 0 aliphatic carbocycles. The average Bonchev–Trinajstić information content (AvgIpc) is 3.60. The lowest BCUT2D eigenvalue weighted by Crippen LogP contribution is -2.21. The number of anilines is 3. The first-order valence-corrected chi connectivity index (χ1v) is 14.0. The summed E-state index contributed by atoms with van der Waals surface area (Å²) in [7, 11) is 0. The van der Waals surface area contributed by atoms with E-state index in [0.717, 1.165) is 33.1 Å². The summed E-state index contributed by atoms with van der Waals surface area (Å²) in [6.45, 7) is 0.946. The Hall–Kier alpha value is -3.98. The van der Waals surface area contributed by atoms with E-state index in [9.17, 15) is 10.1 Å². The predicted molar refractivity (Wildman–Crippen MR) is 149 cm³/mol. The van der Waals surface area contributed by atoms with Crippen LogP contribution in [0.3, 0.4) is 0 Å². The minimum absolute atomic E-state index is 0.0311. The van der Waals surface area contributed by atoms with Crippen LogP contribution in [0.25, 0.3) is 21.7 Å². The Bertz CT molecular complexity index is 1470. The number of carbonyl (C=O) groups excluding carboxylic acids is 1. The largest absolute Gasteiger partial charge is 0.447 e. The Morgan fingerprint density at radius 3 is 2.92 bits per heavy atom. The molecule has 4 aromatic rings. The minimum atomic E-state index is -0.533. The van der Waals surface area contributed by atoms with E-state index < -0.39 is 6.09 Å². The van der Waals surface area contributed by atoms with E-state index in [-0.39, 0.29) is 12.7 Å². The highest BCUT2D eigenvalue weighted by Gasteiger charge is 2.22. The van der Waals surface area contributed by atoms with Crippen molar-refractivity contribution in [1.29, 1.82) is 5.26 Å². The van der Waals surface area contributed by atoms with Crippen molar-refractivity contribution < 1.29 is 14.3 Å². The number of amides is 1. The number of thiophene rings is 1. The Balaban J connectivity index is 1.35.